The molecule has 1 saturated heterocycles. The van der Waals surface area contributed by atoms with Crippen LogP contribution in [0.1, 0.15) is 20.8 Å². The largest absolute Gasteiger partial charge is 0.378 e. The van der Waals surface area contributed by atoms with Gasteiger partial charge in [-0.1, -0.05) is 20.8 Å². The van der Waals surface area contributed by atoms with Crippen LogP contribution in [0.4, 0.5) is 0 Å². The summed E-state index contributed by atoms with van der Waals surface area (Å²) in [6, 6.07) is -0.0498. The minimum Gasteiger partial charge on any atom is -0.378 e. The summed E-state index contributed by atoms with van der Waals surface area (Å²) in [4.78, 5) is 0. The third kappa shape index (κ3) is 2.68. The summed E-state index contributed by atoms with van der Waals surface area (Å²) < 4.78 is 29.9. The van der Waals surface area contributed by atoms with E-state index in [-0.39, 0.29) is 11.5 Å². The lowest BCUT2D eigenvalue weighted by atomic mass is 9.87. The zero-order chi connectivity index (χ0) is 11.0. The molecule has 0 saturated carbocycles. The second kappa shape index (κ2) is 3.79. The van der Waals surface area contributed by atoms with Crippen molar-refractivity contribution in [3.63, 3.8) is 0 Å². The molecule has 0 aromatic carbocycles. The Morgan fingerprint density at radius 3 is 2.29 bits per heavy atom. The number of rotatable bonds is 1. The Bertz CT molecular complexity index is 292. The normalized spacial score (nSPS) is 26.4. The van der Waals surface area contributed by atoms with Gasteiger partial charge in [-0.05, 0) is 5.41 Å². The minimum absolute atomic E-state index is 0.0498. The fourth-order valence-corrected chi connectivity index (χ4v) is 2.91. The van der Waals surface area contributed by atoms with Crippen molar-refractivity contribution >= 4 is 10.0 Å². The van der Waals surface area contributed by atoms with Gasteiger partial charge in [-0.25, -0.2) is 8.42 Å². The first-order valence-corrected chi connectivity index (χ1v) is 6.62. The molecule has 0 N–H and O–H groups in total. The third-order valence-corrected chi connectivity index (χ3v) is 3.79. The van der Waals surface area contributed by atoms with Crippen molar-refractivity contribution in [1.82, 2.24) is 4.31 Å². The van der Waals surface area contributed by atoms with E-state index in [0.717, 1.165) is 0 Å². The standard InChI is InChI=1S/C9H19NO3S/c1-9(2,3)8-7-13-6-5-10(8)14(4,11)12/h8H,5-7H2,1-4H3. The summed E-state index contributed by atoms with van der Waals surface area (Å²) >= 11 is 0. The van der Waals surface area contributed by atoms with Gasteiger partial charge in [0.25, 0.3) is 0 Å². The molecule has 4 nitrogen and oxygen atoms in total. The maximum atomic E-state index is 11.5. The van der Waals surface area contributed by atoms with E-state index in [9.17, 15) is 8.42 Å². The smallest absolute Gasteiger partial charge is 0.211 e. The molecule has 1 atom stereocenters. The molecule has 0 bridgehead atoms. The SMILES string of the molecule is CC(C)(C)C1COCCN1S(C)(=O)=O. The quantitative estimate of drug-likeness (QED) is 0.654. The van der Waals surface area contributed by atoms with Gasteiger partial charge >= 0.3 is 0 Å². The Kier molecular flexibility index (Phi) is 3.23. The summed E-state index contributed by atoms with van der Waals surface area (Å²) in [5.41, 5.74) is -0.0799. The van der Waals surface area contributed by atoms with Gasteiger partial charge in [0.15, 0.2) is 0 Å². The number of nitrogens with zero attached hydrogens (tertiary/aromatic N) is 1. The molecule has 0 spiro atoms. The van der Waals surface area contributed by atoms with Crippen LogP contribution in [0.25, 0.3) is 0 Å². The Morgan fingerprint density at radius 1 is 1.36 bits per heavy atom. The monoisotopic (exact) mass is 221 g/mol. The first-order valence-electron chi connectivity index (χ1n) is 4.77. The van der Waals surface area contributed by atoms with Crippen LogP contribution in [-0.4, -0.2) is 44.8 Å². The summed E-state index contributed by atoms with van der Waals surface area (Å²) in [5, 5.41) is 0. The summed E-state index contributed by atoms with van der Waals surface area (Å²) in [6.45, 7) is 7.57. The van der Waals surface area contributed by atoms with E-state index in [1.54, 1.807) is 4.31 Å². The molecule has 0 aromatic heterocycles. The molecule has 1 fully saturated rings. The first-order chi connectivity index (χ1) is 6.23. The zero-order valence-corrected chi connectivity index (χ0v) is 10.1. The Morgan fingerprint density at radius 2 is 1.93 bits per heavy atom. The van der Waals surface area contributed by atoms with Gasteiger partial charge in [-0.2, -0.15) is 4.31 Å². The molecule has 1 aliphatic rings. The van der Waals surface area contributed by atoms with Crippen molar-refractivity contribution in [2.45, 2.75) is 26.8 Å². The van der Waals surface area contributed by atoms with Crippen LogP contribution in [0.15, 0.2) is 0 Å². The van der Waals surface area contributed by atoms with E-state index >= 15 is 0 Å². The average molecular weight is 221 g/mol. The van der Waals surface area contributed by atoms with E-state index in [2.05, 4.69) is 0 Å². The maximum Gasteiger partial charge on any atom is 0.211 e. The lowest BCUT2D eigenvalue weighted by molar-refractivity contribution is -0.00806. The maximum absolute atomic E-state index is 11.5. The molecule has 1 heterocycles. The lowest BCUT2D eigenvalue weighted by Crippen LogP contribution is -2.53. The van der Waals surface area contributed by atoms with Crippen LogP contribution in [0, 0.1) is 5.41 Å². The van der Waals surface area contributed by atoms with Gasteiger partial charge in [-0.3, -0.25) is 0 Å². The molecule has 5 heteroatoms. The van der Waals surface area contributed by atoms with E-state index in [4.69, 9.17) is 4.74 Å². The first kappa shape index (κ1) is 11.9. The third-order valence-electron chi connectivity index (χ3n) is 2.51. The van der Waals surface area contributed by atoms with E-state index < -0.39 is 10.0 Å². The van der Waals surface area contributed by atoms with Crippen LogP contribution in [0.5, 0.6) is 0 Å². The highest BCUT2D eigenvalue weighted by Gasteiger charge is 2.37. The highest BCUT2D eigenvalue weighted by molar-refractivity contribution is 7.88. The molecular weight excluding hydrogens is 202 g/mol. The summed E-state index contributed by atoms with van der Waals surface area (Å²) in [7, 11) is -3.10. The van der Waals surface area contributed by atoms with E-state index in [0.29, 0.717) is 19.8 Å². The topological polar surface area (TPSA) is 46.6 Å². The second-order valence-corrected chi connectivity index (χ2v) is 6.77. The van der Waals surface area contributed by atoms with Crippen molar-refractivity contribution in [2.24, 2.45) is 5.41 Å². The molecule has 0 amide bonds. The highest BCUT2D eigenvalue weighted by atomic mass is 32.2. The Labute approximate surface area is 86.3 Å². The molecular formula is C9H19NO3S. The highest BCUT2D eigenvalue weighted by Crippen LogP contribution is 2.28. The van der Waals surface area contributed by atoms with Gasteiger partial charge in [-0.15, -0.1) is 0 Å². The van der Waals surface area contributed by atoms with Crippen LogP contribution in [0.2, 0.25) is 0 Å². The molecule has 14 heavy (non-hydrogen) atoms. The van der Waals surface area contributed by atoms with Crippen molar-refractivity contribution < 1.29 is 13.2 Å². The van der Waals surface area contributed by atoms with Crippen LogP contribution in [-0.2, 0) is 14.8 Å². The molecule has 0 radical (unpaired) electrons. The molecule has 0 aromatic rings. The minimum atomic E-state index is -3.10. The fraction of sp³-hybridized carbons (Fsp3) is 1.00. The van der Waals surface area contributed by atoms with Gasteiger partial charge in [0, 0.05) is 6.54 Å². The number of sulfonamides is 1. The molecule has 1 rings (SSSR count). The van der Waals surface area contributed by atoms with Gasteiger partial charge in [0.1, 0.15) is 0 Å². The average Bonchev–Trinajstić information content (AvgIpc) is 2.01. The zero-order valence-electron chi connectivity index (χ0n) is 9.28. The van der Waals surface area contributed by atoms with Crippen LogP contribution < -0.4 is 0 Å². The van der Waals surface area contributed by atoms with E-state index in [1.165, 1.54) is 6.26 Å². The van der Waals surface area contributed by atoms with Crippen molar-refractivity contribution in [1.29, 1.82) is 0 Å². The Hall–Kier alpha value is -0.130. The van der Waals surface area contributed by atoms with E-state index in [1.807, 2.05) is 20.8 Å². The van der Waals surface area contributed by atoms with Crippen LogP contribution in [0.3, 0.4) is 0 Å². The van der Waals surface area contributed by atoms with Gasteiger partial charge in [0.2, 0.25) is 10.0 Å². The predicted molar refractivity (Wildman–Crippen MR) is 55.6 cm³/mol. The summed E-state index contributed by atoms with van der Waals surface area (Å²) in [5.74, 6) is 0. The molecule has 84 valence electrons. The van der Waals surface area contributed by atoms with Crippen LogP contribution >= 0.6 is 0 Å². The van der Waals surface area contributed by atoms with Gasteiger partial charge < -0.3 is 4.74 Å². The van der Waals surface area contributed by atoms with Crippen molar-refractivity contribution in [3.05, 3.63) is 0 Å². The Balaban J connectivity index is 2.91. The number of hydrogen-bond donors (Lipinski definition) is 0. The number of ether oxygens (including phenoxy) is 1. The van der Waals surface area contributed by atoms with Crippen molar-refractivity contribution in [3.8, 4) is 0 Å². The number of hydrogen-bond acceptors (Lipinski definition) is 3. The predicted octanol–water partition coefficient (Wildman–Crippen LogP) is 0.693. The second-order valence-electron chi connectivity index (χ2n) is 4.83. The van der Waals surface area contributed by atoms with Crippen molar-refractivity contribution in [2.75, 3.05) is 26.0 Å². The summed E-state index contributed by atoms with van der Waals surface area (Å²) in [6.07, 6.45) is 1.26. The molecule has 1 aliphatic heterocycles. The number of morpholine rings is 1. The van der Waals surface area contributed by atoms with Gasteiger partial charge in [0.05, 0.1) is 25.5 Å². The fourth-order valence-electron chi connectivity index (χ4n) is 1.67. The lowest BCUT2D eigenvalue weighted by Gasteiger charge is -2.41. The molecule has 1 unspecified atom stereocenters. The molecule has 0 aliphatic carbocycles.